The molecule has 0 saturated heterocycles. The lowest BCUT2D eigenvalue weighted by Crippen LogP contribution is -1.93. The predicted molar refractivity (Wildman–Crippen MR) is 86.4 cm³/mol. The number of hydrogen-bond acceptors (Lipinski definition) is 2. The first-order chi connectivity index (χ1) is 10.3. The topological polar surface area (TPSA) is 22.1 Å². The number of nitrogens with zero attached hydrogens (tertiary/aromatic N) is 1. The van der Waals surface area contributed by atoms with Gasteiger partial charge in [0.15, 0.2) is 0 Å². The van der Waals surface area contributed by atoms with Crippen molar-refractivity contribution in [1.82, 2.24) is 4.98 Å². The van der Waals surface area contributed by atoms with Gasteiger partial charge in [0.2, 0.25) is 0 Å². The van der Waals surface area contributed by atoms with Crippen molar-refractivity contribution in [3.8, 4) is 28.1 Å². The Morgan fingerprint density at radius 3 is 2.14 bits per heavy atom. The zero-order valence-corrected chi connectivity index (χ0v) is 12.2. The van der Waals surface area contributed by atoms with E-state index in [1.54, 1.807) is 7.11 Å². The number of methoxy groups -OCH3 is 1. The minimum absolute atomic E-state index is 0.874. The monoisotopic (exact) mass is 275 g/mol. The summed E-state index contributed by atoms with van der Waals surface area (Å²) in [7, 11) is 1.70. The number of benzene rings is 2. The number of hydrogen-bond donors (Lipinski definition) is 0. The lowest BCUT2D eigenvalue weighted by Gasteiger charge is -2.14. The Morgan fingerprint density at radius 2 is 1.43 bits per heavy atom. The fourth-order valence-electron chi connectivity index (χ4n) is 2.56. The van der Waals surface area contributed by atoms with Gasteiger partial charge in [0.1, 0.15) is 5.75 Å². The fourth-order valence-corrected chi connectivity index (χ4v) is 2.56. The van der Waals surface area contributed by atoms with Gasteiger partial charge in [0.25, 0.3) is 0 Å². The van der Waals surface area contributed by atoms with Crippen LogP contribution in [0.15, 0.2) is 66.9 Å². The third kappa shape index (κ3) is 2.52. The molecule has 2 aromatic carbocycles. The Labute approximate surface area is 125 Å². The summed E-state index contributed by atoms with van der Waals surface area (Å²) in [6.07, 6.45) is 1.83. The van der Waals surface area contributed by atoms with Crippen LogP contribution in [0.1, 0.15) is 5.56 Å². The summed E-state index contributed by atoms with van der Waals surface area (Å²) in [6.45, 7) is 2.08. The normalized spacial score (nSPS) is 10.4. The molecule has 1 aromatic heterocycles. The molecule has 3 aromatic rings. The van der Waals surface area contributed by atoms with E-state index in [-0.39, 0.29) is 0 Å². The number of ether oxygens (including phenoxy) is 1. The summed E-state index contributed by atoms with van der Waals surface area (Å²) in [6, 6.07) is 20.4. The van der Waals surface area contributed by atoms with E-state index < -0.39 is 0 Å². The quantitative estimate of drug-likeness (QED) is 0.689. The third-order valence-electron chi connectivity index (χ3n) is 3.59. The Bertz CT molecular complexity index is 765. The van der Waals surface area contributed by atoms with Crippen molar-refractivity contribution in [2.24, 2.45) is 0 Å². The van der Waals surface area contributed by atoms with Gasteiger partial charge in [0, 0.05) is 17.3 Å². The molecule has 0 aliphatic carbocycles. The van der Waals surface area contributed by atoms with Gasteiger partial charge in [-0.05, 0) is 30.2 Å². The molecule has 1 heterocycles. The van der Waals surface area contributed by atoms with Crippen LogP contribution >= 0.6 is 0 Å². The first kappa shape index (κ1) is 13.4. The maximum absolute atomic E-state index is 5.50. The summed E-state index contributed by atoms with van der Waals surface area (Å²) in [5.41, 5.74) is 5.52. The third-order valence-corrected chi connectivity index (χ3v) is 3.59. The highest BCUT2D eigenvalue weighted by Gasteiger charge is 2.12. The molecular formula is C19H17NO. The van der Waals surface area contributed by atoms with Gasteiger partial charge in [0.05, 0.1) is 12.8 Å². The van der Waals surface area contributed by atoms with Crippen molar-refractivity contribution in [3.63, 3.8) is 0 Å². The summed E-state index contributed by atoms with van der Waals surface area (Å²) >= 11 is 0. The molecule has 0 fully saturated rings. The average molecular weight is 275 g/mol. The van der Waals surface area contributed by atoms with Crippen LogP contribution in [0.5, 0.6) is 5.75 Å². The number of rotatable bonds is 3. The largest absolute Gasteiger partial charge is 0.496 e. The van der Waals surface area contributed by atoms with Crippen molar-refractivity contribution in [2.75, 3.05) is 7.11 Å². The molecule has 0 N–H and O–H groups in total. The highest BCUT2D eigenvalue weighted by Crippen LogP contribution is 2.37. The molecular weight excluding hydrogens is 258 g/mol. The number of pyridine rings is 1. The van der Waals surface area contributed by atoms with E-state index in [1.807, 2.05) is 42.6 Å². The molecule has 0 atom stereocenters. The molecule has 0 aliphatic rings. The maximum Gasteiger partial charge on any atom is 0.126 e. The van der Waals surface area contributed by atoms with Crippen LogP contribution in [0.25, 0.3) is 22.4 Å². The molecule has 2 heteroatoms. The van der Waals surface area contributed by atoms with Gasteiger partial charge < -0.3 is 4.74 Å². The summed E-state index contributed by atoms with van der Waals surface area (Å²) in [4.78, 5) is 4.55. The zero-order valence-electron chi connectivity index (χ0n) is 12.2. The lowest BCUT2D eigenvalue weighted by atomic mass is 9.95. The Morgan fingerprint density at radius 1 is 0.762 bits per heavy atom. The number of aryl methyl sites for hydroxylation is 1. The zero-order chi connectivity index (χ0) is 14.7. The van der Waals surface area contributed by atoms with E-state index in [2.05, 4.69) is 36.2 Å². The minimum atomic E-state index is 0.874. The van der Waals surface area contributed by atoms with Crippen molar-refractivity contribution < 1.29 is 4.74 Å². The Kier molecular flexibility index (Phi) is 3.69. The smallest absolute Gasteiger partial charge is 0.126 e. The minimum Gasteiger partial charge on any atom is -0.496 e. The highest BCUT2D eigenvalue weighted by atomic mass is 16.5. The summed E-state index contributed by atoms with van der Waals surface area (Å²) < 4.78 is 5.50. The summed E-state index contributed by atoms with van der Waals surface area (Å²) in [5.74, 6) is 0.874. The molecule has 104 valence electrons. The van der Waals surface area contributed by atoms with E-state index in [1.165, 1.54) is 5.56 Å². The van der Waals surface area contributed by atoms with Crippen LogP contribution in [-0.2, 0) is 0 Å². The lowest BCUT2D eigenvalue weighted by molar-refractivity contribution is 0.416. The molecule has 0 unspecified atom stereocenters. The van der Waals surface area contributed by atoms with Gasteiger partial charge in [-0.25, -0.2) is 0 Å². The summed E-state index contributed by atoms with van der Waals surface area (Å²) in [5, 5.41) is 0. The van der Waals surface area contributed by atoms with Crippen LogP contribution in [-0.4, -0.2) is 12.1 Å². The predicted octanol–water partition coefficient (Wildman–Crippen LogP) is 4.73. The van der Waals surface area contributed by atoms with Gasteiger partial charge in [-0.2, -0.15) is 0 Å². The second-order valence-corrected chi connectivity index (χ2v) is 4.91. The van der Waals surface area contributed by atoms with Crippen molar-refractivity contribution in [2.45, 2.75) is 6.92 Å². The van der Waals surface area contributed by atoms with Crippen molar-refractivity contribution in [3.05, 3.63) is 72.4 Å². The Balaban J connectivity index is 2.24. The maximum atomic E-state index is 5.50. The molecule has 0 aliphatic heterocycles. The molecule has 0 radical (unpaired) electrons. The molecule has 0 saturated carbocycles. The van der Waals surface area contributed by atoms with Crippen LogP contribution in [0, 0.1) is 6.92 Å². The second-order valence-electron chi connectivity index (χ2n) is 4.91. The molecule has 0 bridgehead atoms. The van der Waals surface area contributed by atoms with Gasteiger partial charge in [-0.1, -0.05) is 48.5 Å². The van der Waals surface area contributed by atoms with Crippen molar-refractivity contribution >= 4 is 0 Å². The van der Waals surface area contributed by atoms with Crippen molar-refractivity contribution in [1.29, 1.82) is 0 Å². The standard InChI is InChI=1S/C19H17NO/c1-14-8-7-13-20-19(14)17-11-4-3-9-15(17)16-10-5-6-12-18(16)21-2/h3-13H,1-2H3. The first-order valence-corrected chi connectivity index (χ1v) is 6.95. The molecule has 0 amide bonds. The highest BCUT2D eigenvalue weighted by molar-refractivity contribution is 5.85. The van der Waals surface area contributed by atoms with E-state index in [9.17, 15) is 0 Å². The van der Waals surface area contributed by atoms with Crippen LogP contribution in [0.4, 0.5) is 0 Å². The van der Waals surface area contributed by atoms with E-state index in [4.69, 9.17) is 4.74 Å². The SMILES string of the molecule is COc1ccccc1-c1ccccc1-c1ncccc1C. The Hall–Kier alpha value is -2.61. The molecule has 0 spiro atoms. The number of aromatic nitrogens is 1. The van der Waals surface area contributed by atoms with Crippen LogP contribution < -0.4 is 4.74 Å². The van der Waals surface area contributed by atoms with E-state index in [0.29, 0.717) is 0 Å². The van der Waals surface area contributed by atoms with Gasteiger partial charge in [-0.3, -0.25) is 4.98 Å². The average Bonchev–Trinajstić information content (AvgIpc) is 2.55. The van der Waals surface area contributed by atoms with Crippen LogP contribution in [0.3, 0.4) is 0 Å². The van der Waals surface area contributed by atoms with Gasteiger partial charge >= 0.3 is 0 Å². The molecule has 3 rings (SSSR count). The fraction of sp³-hybridized carbons (Fsp3) is 0.105. The van der Waals surface area contributed by atoms with Gasteiger partial charge in [-0.15, -0.1) is 0 Å². The van der Waals surface area contributed by atoms with Crippen LogP contribution in [0.2, 0.25) is 0 Å². The molecule has 21 heavy (non-hydrogen) atoms. The number of para-hydroxylation sites is 1. The first-order valence-electron chi connectivity index (χ1n) is 6.95. The van der Waals surface area contributed by atoms with E-state index in [0.717, 1.165) is 28.1 Å². The second kappa shape index (κ2) is 5.80. The van der Waals surface area contributed by atoms with E-state index >= 15 is 0 Å². The molecule has 2 nitrogen and oxygen atoms in total.